The van der Waals surface area contributed by atoms with Crippen LogP contribution in [0, 0.1) is 5.92 Å². The van der Waals surface area contributed by atoms with Gasteiger partial charge in [0.2, 0.25) is 11.8 Å². The minimum atomic E-state index is -0.174. The van der Waals surface area contributed by atoms with Gasteiger partial charge in [-0.25, -0.2) is 0 Å². The van der Waals surface area contributed by atoms with E-state index in [2.05, 4.69) is 10.6 Å². The highest BCUT2D eigenvalue weighted by Gasteiger charge is 2.15. The van der Waals surface area contributed by atoms with Crippen molar-refractivity contribution in [3.05, 3.63) is 5.92 Å². The molecule has 0 rings (SSSR count). The highest BCUT2D eigenvalue weighted by Crippen LogP contribution is 2.03. The fourth-order valence-corrected chi connectivity index (χ4v) is 0.861. The predicted molar refractivity (Wildman–Crippen MR) is 50.9 cm³/mol. The molecule has 0 aliphatic rings. The summed E-state index contributed by atoms with van der Waals surface area (Å²) in [4.78, 5) is 22.1. The van der Waals surface area contributed by atoms with Crippen molar-refractivity contribution >= 4 is 11.8 Å². The Morgan fingerprint density at radius 2 is 1.92 bits per heavy atom. The van der Waals surface area contributed by atoms with E-state index in [0.717, 1.165) is 6.42 Å². The number of carbonyl (C=O) groups is 2. The molecule has 0 aromatic heterocycles. The number of hydrogen-bond acceptors (Lipinski definition) is 2. The maximum Gasteiger partial charge on any atom is 0.227 e. The molecule has 0 unspecified atom stereocenters. The van der Waals surface area contributed by atoms with Crippen molar-refractivity contribution in [2.45, 2.75) is 26.7 Å². The van der Waals surface area contributed by atoms with E-state index in [9.17, 15) is 9.59 Å². The summed E-state index contributed by atoms with van der Waals surface area (Å²) < 4.78 is 0. The molecule has 0 aliphatic heterocycles. The lowest BCUT2D eigenvalue weighted by molar-refractivity contribution is -0.124. The van der Waals surface area contributed by atoms with Crippen molar-refractivity contribution in [2.75, 3.05) is 13.6 Å². The number of carbonyl (C=O) groups excluding carboxylic acids is 2. The molecule has 4 nitrogen and oxygen atoms in total. The predicted octanol–water partition coefficient (Wildman–Crippen LogP) is 0.243. The van der Waals surface area contributed by atoms with Crippen LogP contribution in [0.25, 0.3) is 0 Å². The lowest BCUT2D eigenvalue weighted by Gasteiger charge is -2.08. The summed E-state index contributed by atoms with van der Waals surface area (Å²) in [7, 11) is 1.55. The first-order valence-corrected chi connectivity index (χ1v) is 4.43. The number of nitrogens with one attached hydrogen (secondary N) is 2. The minimum Gasteiger partial charge on any atom is -0.359 e. The van der Waals surface area contributed by atoms with Crippen molar-refractivity contribution in [3.8, 4) is 0 Å². The molecule has 13 heavy (non-hydrogen) atoms. The molecular formula is C9H17N2O2. The van der Waals surface area contributed by atoms with E-state index in [4.69, 9.17) is 0 Å². The van der Waals surface area contributed by atoms with Crippen LogP contribution in [0.1, 0.15) is 26.7 Å². The monoisotopic (exact) mass is 185 g/mol. The maximum atomic E-state index is 11.1. The average Bonchev–Trinajstić information content (AvgIpc) is 2.13. The van der Waals surface area contributed by atoms with Crippen LogP contribution in [0.15, 0.2) is 0 Å². The van der Waals surface area contributed by atoms with Crippen molar-refractivity contribution in [3.63, 3.8) is 0 Å². The van der Waals surface area contributed by atoms with Crippen LogP contribution >= 0.6 is 0 Å². The second-order valence-electron chi connectivity index (χ2n) is 2.89. The summed E-state index contributed by atoms with van der Waals surface area (Å²) in [5, 5.41) is 5.17. The molecule has 0 aromatic carbocycles. The first-order valence-electron chi connectivity index (χ1n) is 4.43. The molecule has 0 heterocycles. The second kappa shape index (κ2) is 6.46. The molecule has 0 atom stereocenters. The van der Waals surface area contributed by atoms with Gasteiger partial charge >= 0.3 is 0 Å². The Morgan fingerprint density at radius 3 is 2.38 bits per heavy atom. The molecule has 0 saturated carbocycles. The lowest BCUT2D eigenvalue weighted by Crippen LogP contribution is -2.30. The molecule has 0 fully saturated rings. The van der Waals surface area contributed by atoms with Crippen molar-refractivity contribution < 1.29 is 9.59 Å². The summed E-state index contributed by atoms with van der Waals surface area (Å²) in [6.45, 7) is 4.31. The molecule has 0 aliphatic carbocycles. The molecule has 0 aromatic rings. The fourth-order valence-electron chi connectivity index (χ4n) is 0.861. The molecule has 1 radical (unpaired) electrons. The van der Waals surface area contributed by atoms with Crippen LogP contribution in [0.3, 0.4) is 0 Å². The average molecular weight is 185 g/mol. The SMILES string of the molecule is CCCNC(=O)C[C](C)C(=O)NC. The first kappa shape index (κ1) is 11.9. The van der Waals surface area contributed by atoms with E-state index in [-0.39, 0.29) is 18.2 Å². The first-order chi connectivity index (χ1) is 6.11. The van der Waals surface area contributed by atoms with Crippen molar-refractivity contribution in [2.24, 2.45) is 0 Å². The van der Waals surface area contributed by atoms with Crippen LogP contribution < -0.4 is 10.6 Å². The zero-order chi connectivity index (χ0) is 10.3. The summed E-state index contributed by atoms with van der Waals surface area (Å²) in [6, 6.07) is 0. The number of amides is 2. The van der Waals surface area contributed by atoms with Crippen molar-refractivity contribution in [1.82, 2.24) is 10.6 Å². The van der Waals surface area contributed by atoms with Gasteiger partial charge in [-0.15, -0.1) is 0 Å². The Morgan fingerprint density at radius 1 is 1.31 bits per heavy atom. The van der Waals surface area contributed by atoms with Crippen LogP contribution in [-0.2, 0) is 9.59 Å². The van der Waals surface area contributed by atoms with Gasteiger partial charge in [0.25, 0.3) is 0 Å². The molecule has 2 N–H and O–H groups in total. The third-order valence-electron chi connectivity index (χ3n) is 1.61. The number of rotatable bonds is 5. The highest BCUT2D eigenvalue weighted by molar-refractivity contribution is 5.94. The zero-order valence-electron chi connectivity index (χ0n) is 8.44. The molecule has 0 saturated heterocycles. The summed E-state index contributed by atoms with van der Waals surface area (Å²) >= 11 is 0. The van der Waals surface area contributed by atoms with Crippen LogP contribution in [-0.4, -0.2) is 25.4 Å². The van der Waals surface area contributed by atoms with Gasteiger partial charge in [-0.2, -0.15) is 0 Å². The van der Waals surface area contributed by atoms with Gasteiger partial charge in [0.1, 0.15) is 0 Å². The fraction of sp³-hybridized carbons (Fsp3) is 0.667. The summed E-state index contributed by atoms with van der Waals surface area (Å²) in [6.07, 6.45) is 1.09. The summed E-state index contributed by atoms with van der Waals surface area (Å²) in [5.41, 5.74) is 0. The molecular weight excluding hydrogens is 168 g/mol. The smallest absolute Gasteiger partial charge is 0.227 e. The molecule has 4 heteroatoms. The standard InChI is InChI=1S/C9H17N2O2/c1-4-5-11-8(12)6-7(2)9(13)10-3/h4-6H2,1-3H3,(H,10,13)(H,11,12). The van der Waals surface area contributed by atoms with E-state index in [1.165, 1.54) is 0 Å². The van der Waals surface area contributed by atoms with Gasteiger partial charge in [-0.3, -0.25) is 9.59 Å². The van der Waals surface area contributed by atoms with Gasteiger partial charge in [0.05, 0.1) is 5.92 Å². The molecule has 75 valence electrons. The minimum absolute atomic E-state index is 0.0945. The van der Waals surface area contributed by atoms with Crippen LogP contribution in [0.5, 0.6) is 0 Å². The van der Waals surface area contributed by atoms with Crippen molar-refractivity contribution in [1.29, 1.82) is 0 Å². The Hall–Kier alpha value is -1.06. The van der Waals surface area contributed by atoms with E-state index < -0.39 is 0 Å². The van der Waals surface area contributed by atoms with Gasteiger partial charge in [-0.1, -0.05) is 6.92 Å². The third kappa shape index (κ3) is 5.22. The largest absolute Gasteiger partial charge is 0.359 e. The quantitative estimate of drug-likeness (QED) is 0.644. The van der Waals surface area contributed by atoms with Crippen LogP contribution in [0.4, 0.5) is 0 Å². The van der Waals surface area contributed by atoms with E-state index in [1.54, 1.807) is 14.0 Å². The molecule has 0 bridgehead atoms. The normalized spacial score (nSPS) is 9.85. The van der Waals surface area contributed by atoms with Gasteiger partial charge in [0.15, 0.2) is 0 Å². The van der Waals surface area contributed by atoms with Gasteiger partial charge < -0.3 is 10.6 Å². The lowest BCUT2D eigenvalue weighted by atomic mass is 10.1. The molecule has 2 amide bonds. The zero-order valence-corrected chi connectivity index (χ0v) is 8.44. The van der Waals surface area contributed by atoms with Gasteiger partial charge in [0, 0.05) is 20.0 Å². The highest BCUT2D eigenvalue weighted by atomic mass is 16.2. The van der Waals surface area contributed by atoms with E-state index in [1.807, 2.05) is 6.92 Å². The Kier molecular flexibility index (Phi) is 5.93. The summed E-state index contributed by atoms with van der Waals surface area (Å²) in [5.74, 6) is 0.269. The number of hydrogen-bond donors (Lipinski definition) is 2. The Labute approximate surface area is 79.1 Å². The second-order valence-corrected chi connectivity index (χ2v) is 2.89. The van der Waals surface area contributed by atoms with E-state index >= 15 is 0 Å². The third-order valence-corrected chi connectivity index (χ3v) is 1.61. The molecule has 0 spiro atoms. The Bertz CT molecular complexity index is 180. The Balaban J connectivity index is 3.71. The maximum absolute atomic E-state index is 11.1. The topological polar surface area (TPSA) is 58.2 Å². The van der Waals surface area contributed by atoms with Crippen LogP contribution in [0.2, 0.25) is 0 Å². The van der Waals surface area contributed by atoms with Gasteiger partial charge in [-0.05, 0) is 13.3 Å². The van der Waals surface area contributed by atoms with E-state index in [0.29, 0.717) is 12.5 Å².